The van der Waals surface area contributed by atoms with Crippen LogP contribution in [0.25, 0.3) is 16.5 Å². The van der Waals surface area contributed by atoms with E-state index in [1.54, 1.807) is 10.6 Å². The van der Waals surface area contributed by atoms with E-state index in [1.165, 1.54) is 6.20 Å². The summed E-state index contributed by atoms with van der Waals surface area (Å²) in [6, 6.07) is 16.3. The number of carbonyl (C=O) groups is 1. The summed E-state index contributed by atoms with van der Waals surface area (Å²) in [6.07, 6.45) is 3.22. The van der Waals surface area contributed by atoms with E-state index in [0.717, 1.165) is 18.2 Å². The lowest BCUT2D eigenvalue weighted by Gasteiger charge is -2.22. The average molecular weight is 460 g/mol. The fraction of sp³-hybridized carbons (Fsp3) is 0.200. The van der Waals surface area contributed by atoms with E-state index >= 15 is 0 Å². The van der Waals surface area contributed by atoms with Crippen LogP contribution >= 0.6 is 11.6 Å². The van der Waals surface area contributed by atoms with Crippen molar-refractivity contribution in [1.82, 2.24) is 14.5 Å². The van der Waals surface area contributed by atoms with Gasteiger partial charge in [0.2, 0.25) is 5.95 Å². The third-order valence-electron chi connectivity index (χ3n) is 5.86. The molecule has 2 aromatic heterocycles. The summed E-state index contributed by atoms with van der Waals surface area (Å²) in [5.74, 6) is 0.460. The maximum atomic E-state index is 13.6. The van der Waals surface area contributed by atoms with Gasteiger partial charge in [0.15, 0.2) is 5.78 Å². The normalized spacial score (nSPS) is 14.2. The van der Waals surface area contributed by atoms with Gasteiger partial charge < -0.3 is 11.1 Å². The summed E-state index contributed by atoms with van der Waals surface area (Å²) in [5.41, 5.74) is 7.43. The van der Waals surface area contributed by atoms with E-state index in [-0.39, 0.29) is 29.3 Å². The van der Waals surface area contributed by atoms with Crippen molar-refractivity contribution in [2.24, 2.45) is 5.92 Å². The van der Waals surface area contributed by atoms with Gasteiger partial charge in [0.05, 0.1) is 22.0 Å². The van der Waals surface area contributed by atoms with Gasteiger partial charge in [-0.3, -0.25) is 14.2 Å². The highest BCUT2D eigenvalue weighted by Gasteiger charge is 2.33. The van der Waals surface area contributed by atoms with Gasteiger partial charge in [-0.25, -0.2) is 4.98 Å². The molecule has 3 N–H and O–H groups in total. The van der Waals surface area contributed by atoms with Gasteiger partial charge in [-0.05, 0) is 49.4 Å². The first kappa shape index (κ1) is 21.2. The molecule has 1 aliphatic rings. The van der Waals surface area contributed by atoms with Crippen LogP contribution in [0.5, 0.6) is 0 Å². The van der Waals surface area contributed by atoms with Crippen LogP contribution in [0, 0.1) is 5.92 Å². The first-order valence-corrected chi connectivity index (χ1v) is 11.1. The summed E-state index contributed by atoms with van der Waals surface area (Å²) in [5, 5.41) is 4.89. The molecule has 33 heavy (non-hydrogen) atoms. The number of Topliss-reactive ketones (excluding diaryl/α,β-unsaturated/α-hetero) is 1. The zero-order valence-corrected chi connectivity index (χ0v) is 18.7. The average Bonchev–Trinajstić information content (AvgIpc) is 3.65. The number of nitrogen functional groups attached to an aromatic ring is 1. The Labute approximate surface area is 195 Å². The number of aromatic nitrogens is 3. The number of fused-ring (bicyclic) bond motifs is 1. The smallest absolute Gasteiger partial charge is 0.264 e. The number of hydrogen-bond acceptors (Lipinski definition) is 6. The molecule has 5 rings (SSSR count). The predicted octanol–water partition coefficient (Wildman–Crippen LogP) is 4.78. The number of nitrogens with zero attached hydrogens (tertiary/aromatic N) is 3. The Kier molecular flexibility index (Phi) is 5.34. The molecule has 0 saturated heterocycles. The van der Waals surface area contributed by atoms with Gasteiger partial charge in [0.1, 0.15) is 5.82 Å². The van der Waals surface area contributed by atoms with Crippen molar-refractivity contribution >= 4 is 39.9 Å². The van der Waals surface area contributed by atoms with Crippen LogP contribution in [-0.2, 0) is 0 Å². The SMILES string of the molecule is CC(Nc1nc(N)ncc1C(=O)C1CC1)c1cc2cccc(Cl)c2c(=O)n1-c1ccccc1. The van der Waals surface area contributed by atoms with Crippen molar-refractivity contribution in [3.8, 4) is 5.69 Å². The Balaban J connectivity index is 1.65. The molecule has 1 saturated carbocycles. The van der Waals surface area contributed by atoms with Crippen LogP contribution in [0.15, 0.2) is 65.6 Å². The largest absolute Gasteiger partial charge is 0.368 e. The van der Waals surface area contributed by atoms with E-state index in [9.17, 15) is 9.59 Å². The Hall–Kier alpha value is -3.71. The lowest BCUT2D eigenvalue weighted by Crippen LogP contribution is -2.26. The molecular formula is C25H22ClN5O2. The van der Waals surface area contributed by atoms with Gasteiger partial charge in [0.25, 0.3) is 5.56 Å². The number of anilines is 2. The summed E-state index contributed by atoms with van der Waals surface area (Å²) in [6.45, 7) is 1.91. The number of rotatable bonds is 6. The third kappa shape index (κ3) is 3.96. The predicted molar refractivity (Wildman–Crippen MR) is 130 cm³/mol. The van der Waals surface area contributed by atoms with Gasteiger partial charge in [-0.15, -0.1) is 0 Å². The van der Waals surface area contributed by atoms with Crippen molar-refractivity contribution in [2.45, 2.75) is 25.8 Å². The van der Waals surface area contributed by atoms with Crippen molar-refractivity contribution < 1.29 is 4.79 Å². The minimum absolute atomic E-state index is 0.00967. The van der Waals surface area contributed by atoms with E-state index in [2.05, 4.69) is 15.3 Å². The number of benzene rings is 2. The maximum Gasteiger partial charge on any atom is 0.264 e. The molecule has 0 spiro atoms. The standard InChI is InChI=1S/C25H22ClN5O2/c1-14(29-23-18(13-28-25(27)30-23)22(32)15-10-11-15)20-12-16-6-5-9-19(26)21(16)24(33)31(20)17-7-3-2-4-8-17/h2-9,12-15H,10-11H2,1H3,(H3,27,28,29,30). The summed E-state index contributed by atoms with van der Waals surface area (Å²) in [7, 11) is 0. The number of para-hydroxylation sites is 1. The van der Waals surface area contributed by atoms with E-state index in [1.807, 2.05) is 55.5 Å². The second-order valence-electron chi connectivity index (χ2n) is 8.24. The zero-order chi connectivity index (χ0) is 23.1. The molecule has 0 bridgehead atoms. The van der Waals surface area contributed by atoms with Crippen molar-refractivity contribution in [3.05, 3.63) is 87.4 Å². The first-order valence-electron chi connectivity index (χ1n) is 10.8. The van der Waals surface area contributed by atoms with E-state index in [0.29, 0.717) is 33.2 Å². The zero-order valence-electron chi connectivity index (χ0n) is 18.0. The number of nitrogens with one attached hydrogen (secondary N) is 1. The van der Waals surface area contributed by atoms with Crippen LogP contribution in [0.2, 0.25) is 5.02 Å². The van der Waals surface area contributed by atoms with Crippen molar-refractivity contribution in [2.75, 3.05) is 11.1 Å². The molecule has 1 unspecified atom stereocenters. The molecule has 7 nitrogen and oxygen atoms in total. The van der Waals surface area contributed by atoms with Gasteiger partial charge in [0, 0.05) is 23.5 Å². The molecule has 0 aliphatic heterocycles. The van der Waals surface area contributed by atoms with Crippen molar-refractivity contribution in [1.29, 1.82) is 0 Å². The van der Waals surface area contributed by atoms with Crippen LogP contribution < -0.4 is 16.6 Å². The van der Waals surface area contributed by atoms with E-state index in [4.69, 9.17) is 17.3 Å². The Bertz CT molecular complexity index is 1430. The number of hydrogen-bond donors (Lipinski definition) is 2. The molecule has 2 aromatic carbocycles. The lowest BCUT2D eigenvalue weighted by atomic mass is 10.1. The summed E-state index contributed by atoms with van der Waals surface area (Å²) < 4.78 is 1.64. The summed E-state index contributed by atoms with van der Waals surface area (Å²) >= 11 is 6.39. The highest BCUT2D eigenvalue weighted by Crippen LogP contribution is 2.35. The Morgan fingerprint density at radius 3 is 2.67 bits per heavy atom. The second-order valence-corrected chi connectivity index (χ2v) is 8.65. The minimum Gasteiger partial charge on any atom is -0.368 e. The highest BCUT2D eigenvalue weighted by atomic mass is 35.5. The van der Waals surface area contributed by atoms with Crippen LogP contribution in [-0.4, -0.2) is 20.3 Å². The molecule has 1 fully saturated rings. The van der Waals surface area contributed by atoms with Crippen LogP contribution in [0.4, 0.5) is 11.8 Å². The minimum atomic E-state index is -0.388. The third-order valence-corrected chi connectivity index (χ3v) is 6.17. The fourth-order valence-electron chi connectivity index (χ4n) is 4.03. The molecule has 2 heterocycles. The molecule has 1 atom stereocenters. The number of ketones is 1. The molecule has 4 aromatic rings. The summed E-state index contributed by atoms with van der Waals surface area (Å²) in [4.78, 5) is 34.7. The Morgan fingerprint density at radius 1 is 1.18 bits per heavy atom. The highest BCUT2D eigenvalue weighted by molar-refractivity contribution is 6.35. The number of carbonyl (C=O) groups excluding carboxylic acids is 1. The molecule has 0 amide bonds. The first-order chi connectivity index (χ1) is 15.9. The number of pyridine rings is 1. The molecule has 166 valence electrons. The maximum absolute atomic E-state index is 13.6. The van der Waals surface area contributed by atoms with Crippen LogP contribution in [0.3, 0.4) is 0 Å². The van der Waals surface area contributed by atoms with Gasteiger partial charge in [-0.1, -0.05) is 41.9 Å². The fourth-order valence-corrected chi connectivity index (χ4v) is 4.29. The molecule has 8 heteroatoms. The molecule has 1 aliphatic carbocycles. The molecule has 0 radical (unpaired) electrons. The quantitative estimate of drug-likeness (QED) is 0.402. The second kappa shape index (κ2) is 8.33. The van der Waals surface area contributed by atoms with Gasteiger partial charge >= 0.3 is 0 Å². The van der Waals surface area contributed by atoms with Crippen molar-refractivity contribution in [3.63, 3.8) is 0 Å². The monoisotopic (exact) mass is 459 g/mol. The van der Waals surface area contributed by atoms with Crippen LogP contribution in [0.1, 0.15) is 41.9 Å². The lowest BCUT2D eigenvalue weighted by molar-refractivity contribution is 0.0968. The number of halogens is 1. The van der Waals surface area contributed by atoms with Gasteiger partial charge in [-0.2, -0.15) is 4.98 Å². The Morgan fingerprint density at radius 2 is 1.94 bits per heavy atom. The van der Waals surface area contributed by atoms with E-state index < -0.39 is 0 Å². The number of nitrogens with two attached hydrogens (primary N) is 1. The molecular weight excluding hydrogens is 438 g/mol. The topological polar surface area (TPSA) is 103 Å².